The fourth-order valence-electron chi connectivity index (χ4n) is 5.63. The first-order valence-electron chi connectivity index (χ1n) is 12.5. The first-order valence-corrected chi connectivity index (χ1v) is 13.7. The van der Waals surface area contributed by atoms with Crippen LogP contribution in [0.15, 0.2) is 115 Å². The van der Waals surface area contributed by atoms with Gasteiger partial charge in [-0.05, 0) is 34.0 Å². The van der Waals surface area contributed by atoms with Crippen molar-refractivity contribution in [1.29, 1.82) is 0 Å². The molecule has 0 aliphatic rings. The van der Waals surface area contributed by atoms with E-state index in [1.807, 2.05) is 17.4 Å². The molecule has 38 heavy (non-hydrogen) atoms. The Morgan fingerprint density at radius 1 is 0.500 bits per heavy atom. The number of hydrogen-bond donors (Lipinski definition) is 0. The van der Waals surface area contributed by atoms with Crippen molar-refractivity contribution in [3.05, 3.63) is 120 Å². The van der Waals surface area contributed by atoms with Crippen LogP contribution >= 0.6 is 22.9 Å². The van der Waals surface area contributed by atoms with E-state index in [0.29, 0.717) is 10.8 Å². The normalized spacial score (nSPS) is 11.8. The predicted octanol–water partition coefficient (Wildman–Crippen LogP) is 10.3. The highest BCUT2D eigenvalue weighted by molar-refractivity contribution is 7.26. The van der Waals surface area contributed by atoms with E-state index in [-0.39, 0.29) is 0 Å². The Bertz CT molecular complexity index is 2210. The lowest BCUT2D eigenvalue weighted by Crippen LogP contribution is -1.94. The van der Waals surface area contributed by atoms with Crippen LogP contribution in [0.2, 0.25) is 5.15 Å². The van der Waals surface area contributed by atoms with Crippen LogP contribution in [0.3, 0.4) is 0 Å². The SMILES string of the molecule is Clc1nc2c3ccccc3c3ccccc3c2nc1-c1cccc(-c2cccc3c2sc2ccccc23)c1. The summed E-state index contributed by atoms with van der Waals surface area (Å²) in [6.07, 6.45) is 0. The van der Waals surface area contributed by atoms with Crippen molar-refractivity contribution >= 4 is 75.7 Å². The Morgan fingerprint density at radius 3 is 1.84 bits per heavy atom. The highest BCUT2D eigenvalue weighted by Gasteiger charge is 2.16. The van der Waals surface area contributed by atoms with E-state index in [9.17, 15) is 0 Å². The maximum absolute atomic E-state index is 6.86. The fraction of sp³-hybridized carbons (Fsp3) is 0. The monoisotopic (exact) mass is 522 g/mol. The van der Waals surface area contributed by atoms with Gasteiger partial charge in [0.05, 0.1) is 11.0 Å². The average molecular weight is 523 g/mol. The zero-order chi connectivity index (χ0) is 25.2. The van der Waals surface area contributed by atoms with Crippen molar-refractivity contribution in [2.75, 3.05) is 0 Å². The molecule has 178 valence electrons. The molecule has 0 saturated heterocycles. The van der Waals surface area contributed by atoms with Gasteiger partial charge in [0.1, 0.15) is 5.69 Å². The Kier molecular flexibility index (Phi) is 4.78. The van der Waals surface area contributed by atoms with Gasteiger partial charge in [0.25, 0.3) is 0 Å². The van der Waals surface area contributed by atoms with Crippen LogP contribution in [-0.4, -0.2) is 9.97 Å². The van der Waals surface area contributed by atoms with Crippen molar-refractivity contribution in [3.63, 3.8) is 0 Å². The maximum Gasteiger partial charge on any atom is 0.156 e. The second kappa shape index (κ2) is 8.35. The zero-order valence-corrected chi connectivity index (χ0v) is 21.7. The van der Waals surface area contributed by atoms with Crippen molar-refractivity contribution in [2.24, 2.45) is 0 Å². The molecule has 0 bridgehead atoms. The van der Waals surface area contributed by atoms with Gasteiger partial charge in [-0.15, -0.1) is 11.3 Å². The molecule has 0 N–H and O–H groups in total. The summed E-state index contributed by atoms with van der Waals surface area (Å²) >= 11 is 8.70. The number of thiophene rings is 1. The zero-order valence-electron chi connectivity index (χ0n) is 20.2. The molecule has 0 atom stereocenters. The summed E-state index contributed by atoms with van der Waals surface area (Å²) in [5.41, 5.74) is 5.71. The Balaban J connectivity index is 1.37. The highest BCUT2D eigenvalue weighted by atomic mass is 35.5. The van der Waals surface area contributed by atoms with E-state index in [2.05, 4.69) is 109 Å². The van der Waals surface area contributed by atoms with E-state index in [4.69, 9.17) is 21.6 Å². The number of halogens is 1. The molecule has 8 aromatic rings. The fourth-order valence-corrected chi connectivity index (χ4v) is 7.11. The standard InChI is InChI=1S/C34H19ClN2S/c35-34-30(36-31-26-14-3-1-11-23(26)24-12-2-4-15-27(24)32(31)37-34)21-10-7-9-20(19-21)22-16-8-17-28-25-13-5-6-18-29(25)38-33(22)28/h1-19H. The smallest absolute Gasteiger partial charge is 0.156 e. The number of nitrogens with zero attached hydrogens (tertiary/aromatic N) is 2. The summed E-state index contributed by atoms with van der Waals surface area (Å²) in [6, 6.07) is 40.4. The first-order chi connectivity index (χ1) is 18.8. The summed E-state index contributed by atoms with van der Waals surface area (Å²) in [6.45, 7) is 0. The third kappa shape index (κ3) is 3.19. The van der Waals surface area contributed by atoms with Crippen LogP contribution in [-0.2, 0) is 0 Å². The Morgan fingerprint density at radius 2 is 1.08 bits per heavy atom. The second-order valence-electron chi connectivity index (χ2n) is 9.51. The molecule has 0 aliphatic carbocycles. The second-order valence-corrected chi connectivity index (χ2v) is 10.9. The van der Waals surface area contributed by atoms with E-state index in [1.165, 1.54) is 31.1 Å². The van der Waals surface area contributed by atoms with Gasteiger partial charge in [-0.3, -0.25) is 0 Å². The van der Waals surface area contributed by atoms with Crippen LogP contribution in [0.4, 0.5) is 0 Å². The quantitative estimate of drug-likeness (QED) is 0.211. The van der Waals surface area contributed by atoms with E-state index >= 15 is 0 Å². The number of benzene rings is 6. The molecule has 0 fully saturated rings. The molecule has 4 heteroatoms. The maximum atomic E-state index is 6.86. The molecule has 2 heterocycles. The number of hydrogen-bond acceptors (Lipinski definition) is 3. The molecular formula is C34H19ClN2S. The first kappa shape index (κ1) is 21.7. The molecule has 2 aromatic heterocycles. The van der Waals surface area contributed by atoms with Gasteiger partial charge >= 0.3 is 0 Å². The lowest BCUT2D eigenvalue weighted by molar-refractivity contribution is 1.31. The van der Waals surface area contributed by atoms with Crippen LogP contribution in [0, 0.1) is 0 Å². The minimum absolute atomic E-state index is 0.412. The summed E-state index contributed by atoms with van der Waals surface area (Å²) in [5.74, 6) is 0. The topological polar surface area (TPSA) is 25.8 Å². The van der Waals surface area contributed by atoms with Gasteiger partial charge < -0.3 is 0 Å². The molecule has 8 rings (SSSR count). The lowest BCUT2D eigenvalue weighted by atomic mass is 9.98. The van der Waals surface area contributed by atoms with Gasteiger partial charge in [0.15, 0.2) is 5.15 Å². The predicted molar refractivity (Wildman–Crippen MR) is 163 cm³/mol. The van der Waals surface area contributed by atoms with Crippen molar-refractivity contribution in [3.8, 4) is 22.4 Å². The molecule has 0 saturated carbocycles. The van der Waals surface area contributed by atoms with Gasteiger partial charge in [0.2, 0.25) is 0 Å². The summed E-state index contributed by atoms with van der Waals surface area (Å²) in [5, 5.41) is 7.47. The minimum atomic E-state index is 0.412. The van der Waals surface area contributed by atoms with E-state index < -0.39 is 0 Å². The van der Waals surface area contributed by atoms with Gasteiger partial charge in [-0.2, -0.15) is 0 Å². The Hall–Kier alpha value is -4.31. The molecule has 0 amide bonds. The molecule has 0 aliphatic heterocycles. The van der Waals surface area contributed by atoms with Gasteiger partial charge in [-0.1, -0.05) is 115 Å². The minimum Gasteiger partial charge on any atom is -0.242 e. The number of rotatable bonds is 2. The third-order valence-electron chi connectivity index (χ3n) is 7.36. The largest absolute Gasteiger partial charge is 0.242 e. The van der Waals surface area contributed by atoms with Crippen LogP contribution in [0.5, 0.6) is 0 Å². The Labute approximate surface area is 227 Å². The number of fused-ring (bicyclic) bond motifs is 9. The van der Waals surface area contributed by atoms with Crippen LogP contribution in [0.25, 0.3) is 75.1 Å². The lowest BCUT2D eigenvalue weighted by Gasteiger charge is -2.12. The van der Waals surface area contributed by atoms with Gasteiger partial charge in [-0.25, -0.2) is 9.97 Å². The van der Waals surface area contributed by atoms with E-state index in [0.717, 1.165) is 38.3 Å². The average Bonchev–Trinajstić information content (AvgIpc) is 3.36. The third-order valence-corrected chi connectivity index (χ3v) is 8.84. The van der Waals surface area contributed by atoms with E-state index in [1.54, 1.807) is 0 Å². The summed E-state index contributed by atoms with van der Waals surface area (Å²) in [4.78, 5) is 10.1. The number of aromatic nitrogens is 2. The van der Waals surface area contributed by atoms with Crippen molar-refractivity contribution in [1.82, 2.24) is 9.97 Å². The molecule has 0 unspecified atom stereocenters. The van der Waals surface area contributed by atoms with Crippen LogP contribution < -0.4 is 0 Å². The van der Waals surface area contributed by atoms with Crippen molar-refractivity contribution in [2.45, 2.75) is 0 Å². The molecule has 0 radical (unpaired) electrons. The molecule has 2 nitrogen and oxygen atoms in total. The van der Waals surface area contributed by atoms with Gasteiger partial charge in [0, 0.05) is 36.5 Å². The molecule has 6 aromatic carbocycles. The molecular weight excluding hydrogens is 504 g/mol. The summed E-state index contributed by atoms with van der Waals surface area (Å²) in [7, 11) is 0. The highest BCUT2D eigenvalue weighted by Crippen LogP contribution is 2.41. The van der Waals surface area contributed by atoms with Crippen LogP contribution in [0.1, 0.15) is 0 Å². The summed E-state index contributed by atoms with van der Waals surface area (Å²) < 4.78 is 2.59. The molecule has 0 spiro atoms. The van der Waals surface area contributed by atoms with Crippen molar-refractivity contribution < 1.29 is 0 Å².